The summed E-state index contributed by atoms with van der Waals surface area (Å²) in [5.74, 6) is 0. The Bertz CT molecular complexity index is 205. The zero-order chi connectivity index (χ0) is 10.9. The lowest BCUT2D eigenvalue weighted by molar-refractivity contribution is -0.0139. The van der Waals surface area contributed by atoms with E-state index in [1.165, 1.54) is 0 Å². The first-order valence-corrected chi connectivity index (χ1v) is 5.17. The highest BCUT2D eigenvalue weighted by Crippen LogP contribution is 2.03. The van der Waals surface area contributed by atoms with Crippen molar-refractivity contribution >= 4 is 0 Å². The first-order valence-electron chi connectivity index (χ1n) is 5.17. The monoisotopic (exact) mass is 214 g/mol. The van der Waals surface area contributed by atoms with Crippen LogP contribution in [0.3, 0.4) is 0 Å². The molecule has 0 bridgehead atoms. The Morgan fingerprint density at radius 2 is 2.33 bits per heavy atom. The van der Waals surface area contributed by atoms with Crippen LogP contribution in [0, 0.1) is 11.3 Å². The highest BCUT2D eigenvalue weighted by atomic mass is 16.5. The summed E-state index contributed by atoms with van der Waals surface area (Å²) in [7, 11) is 1.66. The zero-order valence-corrected chi connectivity index (χ0v) is 9.15. The molecule has 1 unspecified atom stereocenters. The van der Waals surface area contributed by atoms with E-state index in [1.807, 2.05) is 0 Å². The highest BCUT2D eigenvalue weighted by Gasteiger charge is 2.19. The molecule has 0 aromatic heterocycles. The number of nitriles is 1. The molecule has 1 saturated heterocycles. The average Bonchev–Trinajstić information content (AvgIpc) is 2.29. The molecule has 1 aliphatic heterocycles. The fraction of sp³-hybridized carbons (Fsp3) is 0.900. The van der Waals surface area contributed by atoms with Gasteiger partial charge in [-0.25, -0.2) is 0 Å². The normalized spacial score (nSPS) is 22.5. The average molecular weight is 214 g/mol. The van der Waals surface area contributed by atoms with Crippen LogP contribution >= 0.6 is 0 Å². The first-order chi connectivity index (χ1) is 7.36. The Hall–Kier alpha value is -0.670. The van der Waals surface area contributed by atoms with Crippen molar-refractivity contribution in [3.05, 3.63) is 0 Å². The van der Waals surface area contributed by atoms with Gasteiger partial charge in [0.25, 0.3) is 0 Å². The molecule has 1 aliphatic rings. The topological polar surface area (TPSA) is 54.7 Å². The van der Waals surface area contributed by atoms with Crippen molar-refractivity contribution in [2.24, 2.45) is 0 Å². The Balaban J connectivity index is 2.03. The van der Waals surface area contributed by atoms with Crippen molar-refractivity contribution < 1.29 is 14.2 Å². The Kier molecular flexibility index (Phi) is 6.28. The summed E-state index contributed by atoms with van der Waals surface area (Å²) >= 11 is 0. The summed E-state index contributed by atoms with van der Waals surface area (Å²) in [5.41, 5.74) is 0. The molecule has 5 heteroatoms. The van der Waals surface area contributed by atoms with Crippen LogP contribution in [0.25, 0.3) is 0 Å². The summed E-state index contributed by atoms with van der Waals surface area (Å²) in [6, 6.07) is 2.12. The lowest BCUT2D eigenvalue weighted by Gasteiger charge is -2.29. The van der Waals surface area contributed by atoms with Crippen LogP contribution in [-0.2, 0) is 14.2 Å². The lowest BCUT2D eigenvalue weighted by Crippen LogP contribution is -2.43. The highest BCUT2D eigenvalue weighted by molar-refractivity contribution is 4.89. The molecule has 0 aromatic carbocycles. The molecular formula is C10H18N2O3. The van der Waals surface area contributed by atoms with Gasteiger partial charge < -0.3 is 14.2 Å². The number of ether oxygens (including phenoxy) is 3. The number of methoxy groups -OCH3 is 1. The second kappa shape index (κ2) is 7.60. The van der Waals surface area contributed by atoms with Gasteiger partial charge >= 0.3 is 0 Å². The van der Waals surface area contributed by atoms with Crippen LogP contribution in [0.15, 0.2) is 0 Å². The quantitative estimate of drug-likeness (QED) is 0.577. The maximum Gasteiger partial charge on any atom is 0.156 e. The Morgan fingerprint density at radius 1 is 1.47 bits per heavy atom. The molecule has 1 fully saturated rings. The van der Waals surface area contributed by atoms with Crippen molar-refractivity contribution in [1.29, 1.82) is 5.26 Å². The molecule has 1 heterocycles. The molecule has 0 aliphatic carbocycles. The van der Waals surface area contributed by atoms with Crippen LogP contribution in [-0.4, -0.2) is 64.2 Å². The fourth-order valence-electron chi connectivity index (χ4n) is 1.42. The van der Waals surface area contributed by atoms with E-state index in [1.54, 1.807) is 7.11 Å². The number of morpholine rings is 1. The van der Waals surface area contributed by atoms with Gasteiger partial charge in [-0.15, -0.1) is 0 Å². The molecule has 0 radical (unpaired) electrons. The van der Waals surface area contributed by atoms with E-state index in [0.29, 0.717) is 33.0 Å². The van der Waals surface area contributed by atoms with E-state index in [-0.39, 0.29) is 6.10 Å². The Morgan fingerprint density at radius 3 is 3.07 bits per heavy atom. The molecule has 1 atom stereocenters. The number of nitrogens with zero attached hydrogens (tertiary/aromatic N) is 2. The first kappa shape index (κ1) is 12.4. The van der Waals surface area contributed by atoms with Gasteiger partial charge in [-0.2, -0.15) is 5.26 Å². The summed E-state index contributed by atoms with van der Waals surface area (Å²) in [6.07, 6.45) is -0.280. The van der Waals surface area contributed by atoms with Crippen LogP contribution in [0.5, 0.6) is 0 Å². The van der Waals surface area contributed by atoms with E-state index in [4.69, 9.17) is 19.5 Å². The third-order valence-electron chi connectivity index (χ3n) is 2.28. The molecule has 0 aromatic rings. The molecule has 0 spiro atoms. The maximum absolute atomic E-state index is 8.70. The Labute approximate surface area is 90.5 Å². The van der Waals surface area contributed by atoms with Gasteiger partial charge in [0.1, 0.15) is 0 Å². The van der Waals surface area contributed by atoms with Crippen molar-refractivity contribution in [3.63, 3.8) is 0 Å². The van der Waals surface area contributed by atoms with E-state index < -0.39 is 0 Å². The van der Waals surface area contributed by atoms with Gasteiger partial charge in [0.15, 0.2) is 6.10 Å². The van der Waals surface area contributed by atoms with Gasteiger partial charge in [0.2, 0.25) is 0 Å². The summed E-state index contributed by atoms with van der Waals surface area (Å²) in [4.78, 5) is 2.18. The zero-order valence-electron chi connectivity index (χ0n) is 9.15. The molecule has 0 N–H and O–H groups in total. The summed E-state index contributed by atoms with van der Waals surface area (Å²) < 4.78 is 15.5. The van der Waals surface area contributed by atoms with Gasteiger partial charge in [-0.1, -0.05) is 0 Å². The van der Waals surface area contributed by atoms with Crippen LogP contribution in [0.1, 0.15) is 0 Å². The van der Waals surface area contributed by atoms with Crippen LogP contribution in [0.2, 0.25) is 0 Å². The molecule has 86 valence electrons. The second-order valence-corrected chi connectivity index (χ2v) is 3.39. The predicted octanol–water partition coefficient (Wildman–Crippen LogP) is -0.126. The van der Waals surface area contributed by atoms with Crippen molar-refractivity contribution in [1.82, 2.24) is 4.90 Å². The molecule has 5 nitrogen and oxygen atoms in total. The smallest absolute Gasteiger partial charge is 0.156 e. The largest absolute Gasteiger partial charge is 0.382 e. The fourth-order valence-corrected chi connectivity index (χ4v) is 1.42. The standard InChI is InChI=1S/C10H18N2O3/c1-13-6-7-14-4-2-12-3-5-15-10(8-11)9-12/h10H,2-7,9H2,1H3. The lowest BCUT2D eigenvalue weighted by atomic mass is 10.3. The van der Waals surface area contributed by atoms with Crippen LogP contribution < -0.4 is 0 Å². The predicted molar refractivity (Wildman–Crippen MR) is 54.5 cm³/mol. The minimum atomic E-state index is -0.280. The van der Waals surface area contributed by atoms with E-state index in [0.717, 1.165) is 13.1 Å². The van der Waals surface area contributed by atoms with Crippen molar-refractivity contribution in [2.75, 3.05) is 53.2 Å². The third-order valence-corrected chi connectivity index (χ3v) is 2.28. The van der Waals surface area contributed by atoms with E-state index in [9.17, 15) is 0 Å². The van der Waals surface area contributed by atoms with Gasteiger partial charge in [0, 0.05) is 26.7 Å². The number of rotatable bonds is 6. The molecule has 0 saturated carbocycles. The molecule has 0 amide bonds. The van der Waals surface area contributed by atoms with Crippen molar-refractivity contribution in [3.8, 4) is 6.07 Å². The van der Waals surface area contributed by atoms with Crippen molar-refractivity contribution in [2.45, 2.75) is 6.10 Å². The molecular weight excluding hydrogens is 196 g/mol. The number of hydrogen-bond donors (Lipinski definition) is 0. The second-order valence-electron chi connectivity index (χ2n) is 3.39. The van der Waals surface area contributed by atoms with E-state index >= 15 is 0 Å². The maximum atomic E-state index is 8.70. The van der Waals surface area contributed by atoms with Gasteiger partial charge in [0.05, 0.1) is 32.5 Å². The van der Waals surface area contributed by atoms with Gasteiger partial charge in [-0.3, -0.25) is 4.90 Å². The van der Waals surface area contributed by atoms with E-state index in [2.05, 4.69) is 11.0 Å². The minimum Gasteiger partial charge on any atom is -0.382 e. The van der Waals surface area contributed by atoms with Crippen LogP contribution in [0.4, 0.5) is 0 Å². The molecule has 1 rings (SSSR count). The number of hydrogen-bond acceptors (Lipinski definition) is 5. The minimum absolute atomic E-state index is 0.280. The molecule has 15 heavy (non-hydrogen) atoms. The summed E-state index contributed by atoms with van der Waals surface area (Å²) in [5, 5.41) is 8.70. The SMILES string of the molecule is COCCOCCN1CCOC(C#N)C1. The van der Waals surface area contributed by atoms with Gasteiger partial charge in [-0.05, 0) is 0 Å². The third kappa shape index (κ3) is 5.09. The summed E-state index contributed by atoms with van der Waals surface area (Å²) in [6.45, 7) is 4.99.